The van der Waals surface area contributed by atoms with Crippen molar-refractivity contribution in [3.05, 3.63) is 0 Å². The van der Waals surface area contributed by atoms with Crippen LogP contribution in [-0.4, -0.2) is 178 Å². The van der Waals surface area contributed by atoms with E-state index in [2.05, 4.69) is 5.32 Å². The SMILES string of the molecule is NC[C@@H]1O[C@H](O[C@H]2[C@@H](O)[C@H](O[C@@H]3[C@@H](O)[C@H](CC(=O)C4(O)CC4N)C[C@H](N)[C@H]3O[C@H]3O[C@H](CNCC4CC(N)C4)CC[C@H]3N)O[C@@H]2CO)[C@H](N)[C@@H](O)[C@@H]1O. The van der Waals surface area contributed by atoms with E-state index in [0.717, 1.165) is 19.4 Å². The van der Waals surface area contributed by atoms with Gasteiger partial charge in [0.15, 0.2) is 24.7 Å². The minimum absolute atomic E-state index is 0.103. The summed E-state index contributed by atoms with van der Waals surface area (Å²) in [6, 6.07) is -3.08. The molecule has 0 aromatic carbocycles. The van der Waals surface area contributed by atoms with Gasteiger partial charge in [0.05, 0.1) is 30.9 Å². The topological polar surface area (TPSA) is 362 Å². The van der Waals surface area contributed by atoms with Crippen molar-refractivity contribution < 1.29 is 63.9 Å². The van der Waals surface area contributed by atoms with Gasteiger partial charge in [-0.15, -0.1) is 0 Å². The van der Waals surface area contributed by atoms with E-state index >= 15 is 0 Å². The van der Waals surface area contributed by atoms with Gasteiger partial charge in [-0.2, -0.15) is 0 Å². The Balaban J connectivity index is 1.16. The molecule has 0 amide bonds. The van der Waals surface area contributed by atoms with Crippen LogP contribution in [-0.2, 0) is 33.2 Å². The molecule has 3 aliphatic heterocycles. The maximum Gasteiger partial charge on any atom is 0.187 e. The highest BCUT2D eigenvalue weighted by Gasteiger charge is 2.59. The van der Waals surface area contributed by atoms with Crippen molar-refractivity contribution >= 4 is 5.78 Å². The van der Waals surface area contributed by atoms with E-state index < -0.39 is 122 Å². The van der Waals surface area contributed by atoms with Crippen LogP contribution in [0.15, 0.2) is 0 Å². The summed E-state index contributed by atoms with van der Waals surface area (Å²) < 4.78 is 36.4. The zero-order valence-corrected chi connectivity index (χ0v) is 29.8. The molecule has 19 atom stereocenters. The van der Waals surface area contributed by atoms with E-state index in [0.29, 0.717) is 25.3 Å². The Morgan fingerprint density at radius 2 is 1.42 bits per heavy atom. The van der Waals surface area contributed by atoms with Crippen LogP contribution >= 0.6 is 0 Å². The standard InChI is InChI=1S/C33H61N7O13/c34-8-18-24(44)25(45)22(39)31(49-18)52-28-19(11-41)50-32(26(28)46)53-29-23(43)13(6-21(42)33(47)7-20(33)38)5-17(37)27(29)51-30-16(36)2-1-15(48-30)10-40-9-12-3-14(35)4-12/h12-20,22-32,40-41,43-47H,1-11,34-39H2/t12?,13-,14?,15-,16+,17-,18-,19+,20?,22+,23-,24+,25+,26+,27+,28+,29+,30+,31+,32-,33?/m0/s1. The van der Waals surface area contributed by atoms with Crippen molar-refractivity contribution in [2.45, 2.75) is 161 Å². The Labute approximate surface area is 308 Å². The van der Waals surface area contributed by atoms with Crippen LogP contribution in [0.3, 0.4) is 0 Å². The lowest BCUT2D eigenvalue weighted by molar-refractivity contribution is -0.292. The van der Waals surface area contributed by atoms with Gasteiger partial charge in [0, 0.05) is 44.1 Å². The van der Waals surface area contributed by atoms with E-state index in [9.17, 15) is 35.4 Å². The van der Waals surface area contributed by atoms with Gasteiger partial charge in [0.2, 0.25) is 0 Å². The molecular weight excluding hydrogens is 702 g/mol. The second-order valence-electron chi connectivity index (χ2n) is 16.0. The van der Waals surface area contributed by atoms with Gasteiger partial charge in [-0.25, -0.2) is 0 Å². The lowest BCUT2D eigenvalue weighted by Crippen LogP contribution is -2.64. The highest BCUT2D eigenvalue weighted by molar-refractivity contribution is 5.91. The van der Waals surface area contributed by atoms with Crippen molar-refractivity contribution in [1.29, 1.82) is 0 Å². The molecule has 3 aliphatic carbocycles. The number of Topliss-reactive ketones (excluding diaryl/α,β-unsaturated/α-hetero) is 1. The second kappa shape index (κ2) is 17.2. The number of carbonyl (C=O) groups excluding carboxylic acids is 1. The van der Waals surface area contributed by atoms with Crippen molar-refractivity contribution in [2.24, 2.45) is 46.2 Å². The van der Waals surface area contributed by atoms with Crippen LogP contribution in [0.1, 0.15) is 44.9 Å². The molecule has 6 fully saturated rings. The summed E-state index contributed by atoms with van der Waals surface area (Å²) in [4.78, 5) is 13.1. The van der Waals surface area contributed by atoms with Crippen molar-refractivity contribution in [3.8, 4) is 0 Å². The summed E-state index contributed by atoms with van der Waals surface area (Å²) in [5.41, 5.74) is 35.0. The fourth-order valence-electron chi connectivity index (χ4n) is 8.31. The van der Waals surface area contributed by atoms with Crippen LogP contribution < -0.4 is 39.7 Å². The molecule has 2 unspecified atom stereocenters. The Morgan fingerprint density at radius 3 is 2.06 bits per heavy atom. The third kappa shape index (κ3) is 8.91. The molecule has 0 radical (unpaired) electrons. The molecule has 0 aromatic rings. The predicted molar refractivity (Wildman–Crippen MR) is 183 cm³/mol. The Morgan fingerprint density at radius 1 is 0.755 bits per heavy atom. The number of rotatable bonds is 15. The van der Waals surface area contributed by atoms with Crippen LogP contribution in [0.5, 0.6) is 0 Å². The number of carbonyl (C=O) groups is 1. The normalized spacial score (nSPS) is 51.5. The Bertz CT molecular complexity index is 1230. The molecule has 3 saturated heterocycles. The van der Waals surface area contributed by atoms with Gasteiger partial charge in [0.1, 0.15) is 54.4 Å². The van der Waals surface area contributed by atoms with Crippen LogP contribution in [0.25, 0.3) is 0 Å². The summed E-state index contributed by atoms with van der Waals surface area (Å²) in [7, 11) is 0. The average molecular weight is 764 g/mol. The quantitative estimate of drug-likeness (QED) is 0.0737. The fourth-order valence-corrected chi connectivity index (χ4v) is 8.31. The molecule has 3 saturated carbocycles. The molecule has 20 nitrogen and oxygen atoms in total. The maximum absolute atomic E-state index is 13.1. The number of ether oxygens (including phenoxy) is 6. The zero-order valence-electron chi connectivity index (χ0n) is 29.8. The minimum atomic E-state index is -1.68. The first-order valence-corrected chi connectivity index (χ1v) is 18.8. The molecule has 0 spiro atoms. The Hall–Kier alpha value is -1.09. The monoisotopic (exact) mass is 763 g/mol. The van der Waals surface area contributed by atoms with Gasteiger partial charge >= 0.3 is 0 Å². The van der Waals surface area contributed by atoms with Gasteiger partial charge in [0.25, 0.3) is 0 Å². The van der Waals surface area contributed by atoms with Crippen molar-refractivity contribution in [1.82, 2.24) is 5.32 Å². The summed E-state index contributed by atoms with van der Waals surface area (Å²) in [6.45, 7) is 0.568. The summed E-state index contributed by atoms with van der Waals surface area (Å²) >= 11 is 0. The predicted octanol–water partition coefficient (Wildman–Crippen LogP) is -6.76. The molecule has 3 heterocycles. The average Bonchev–Trinajstić information content (AvgIpc) is 3.64. The molecule has 6 rings (SSSR count). The number of hydrogen-bond donors (Lipinski definition) is 13. The molecule has 53 heavy (non-hydrogen) atoms. The number of nitrogens with two attached hydrogens (primary N) is 6. The lowest BCUT2D eigenvalue weighted by Gasteiger charge is -2.46. The lowest BCUT2D eigenvalue weighted by atomic mass is 9.76. The van der Waals surface area contributed by atoms with E-state index in [4.69, 9.17) is 62.8 Å². The molecule has 19 N–H and O–H groups in total. The maximum atomic E-state index is 13.1. The largest absolute Gasteiger partial charge is 0.394 e. The molecule has 0 bridgehead atoms. The number of aliphatic hydroxyl groups is 6. The third-order valence-electron chi connectivity index (χ3n) is 12.0. The highest BCUT2D eigenvalue weighted by Crippen LogP contribution is 2.41. The van der Waals surface area contributed by atoms with Crippen molar-refractivity contribution in [2.75, 3.05) is 26.2 Å². The molecule has 20 heteroatoms. The van der Waals surface area contributed by atoms with E-state index in [-0.39, 0.29) is 38.0 Å². The fraction of sp³-hybridized carbons (Fsp3) is 0.970. The first-order valence-electron chi connectivity index (χ1n) is 18.8. The van der Waals surface area contributed by atoms with Gasteiger partial charge < -0.3 is 98.8 Å². The van der Waals surface area contributed by atoms with Crippen molar-refractivity contribution in [3.63, 3.8) is 0 Å². The van der Waals surface area contributed by atoms with E-state index in [1.165, 1.54) is 0 Å². The van der Waals surface area contributed by atoms with Gasteiger partial charge in [-0.05, 0) is 50.5 Å². The number of aliphatic hydroxyl groups excluding tert-OH is 5. The molecule has 306 valence electrons. The highest BCUT2D eigenvalue weighted by atomic mass is 16.8. The van der Waals surface area contributed by atoms with E-state index in [1.807, 2.05) is 0 Å². The first kappa shape index (κ1) is 41.5. The van der Waals surface area contributed by atoms with E-state index in [1.54, 1.807) is 0 Å². The summed E-state index contributed by atoms with van der Waals surface area (Å²) in [5, 5.41) is 68.2. The van der Waals surface area contributed by atoms with Crippen LogP contribution in [0.2, 0.25) is 0 Å². The van der Waals surface area contributed by atoms with Crippen LogP contribution in [0, 0.1) is 11.8 Å². The summed E-state index contributed by atoms with van der Waals surface area (Å²) in [6.07, 6.45) is -12.7. The first-order chi connectivity index (χ1) is 25.1. The molecule has 6 aliphatic rings. The Kier molecular flexibility index (Phi) is 13.5. The number of hydrogen-bond acceptors (Lipinski definition) is 20. The molecular formula is C33H61N7O13. The number of ketones is 1. The smallest absolute Gasteiger partial charge is 0.187 e. The zero-order chi connectivity index (χ0) is 38.4. The van der Waals surface area contributed by atoms with Crippen LogP contribution in [0.4, 0.5) is 0 Å². The second-order valence-corrected chi connectivity index (χ2v) is 16.0. The molecule has 0 aromatic heterocycles. The third-order valence-corrected chi connectivity index (χ3v) is 12.0. The van der Waals surface area contributed by atoms with Gasteiger partial charge in [-0.1, -0.05) is 0 Å². The van der Waals surface area contributed by atoms with Gasteiger partial charge in [-0.3, -0.25) is 4.79 Å². The minimum Gasteiger partial charge on any atom is -0.394 e. The summed E-state index contributed by atoms with van der Waals surface area (Å²) in [5.74, 6) is -0.809. The number of nitrogens with one attached hydrogen (secondary N) is 1.